The third-order valence-electron chi connectivity index (χ3n) is 3.13. The minimum absolute atomic E-state index is 0.257. The van der Waals surface area contributed by atoms with Crippen molar-refractivity contribution < 1.29 is 4.39 Å². The van der Waals surface area contributed by atoms with Crippen LogP contribution in [0.1, 0.15) is 11.4 Å². The summed E-state index contributed by atoms with van der Waals surface area (Å²) in [6, 6.07) is 6.82. The van der Waals surface area contributed by atoms with Gasteiger partial charge in [0.25, 0.3) is 0 Å². The molecule has 0 saturated heterocycles. The van der Waals surface area contributed by atoms with Crippen molar-refractivity contribution in [1.82, 2.24) is 14.5 Å². The van der Waals surface area contributed by atoms with Crippen LogP contribution in [-0.2, 0) is 6.42 Å². The Balaban J connectivity index is 2.29. The second-order valence-corrected chi connectivity index (χ2v) is 5.03. The predicted octanol–water partition coefficient (Wildman–Crippen LogP) is 3.65. The molecule has 0 amide bonds. The monoisotopic (exact) mass is 289 g/mol. The minimum atomic E-state index is -0.257. The van der Waals surface area contributed by atoms with E-state index < -0.39 is 0 Å². The Morgan fingerprint density at radius 3 is 2.90 bits per heavy atom. The molecule has 102 valence electrons. The predicted molar refractivity (Wildman–Crippen MR) is 78.0 cm³/mol. The number of nitrogens with zero attached hydrogens (tertiary/aromatic N) is 3. The number of fused-ring (bicyclic) bond motifs is 1. The number of halogens is 2. The summed E-state index contributed by atoms with van der Waals surface area (Å²) >= 11 is 5.84. The summed E-state index contributed by atoms with van der Waals surface area (Å²) in [5.41, 5.74) is 3.32. The maximum absolute atomic E-state index is 13.7. The van der Waals surface area contributed by atoms with E-state index in [1.165, 1.54) is 12.1 Å². The van der Waals surface area contributed by atoms with Crippen LogP contribution < -0.4 is 0 Å². The second kappa shape index (κ2) is 5.21. The first kappa shape index (κ1) is 13.1. The van der Waals surface area contributed by atoms with Crippen molar-refractivity contribution in [3.63, 3.8) is 0 Å². The van der Waals surface area contributed by atoms with Crippen molar-refractivity contribution in [2.75, 3.05) is 5.88 Å². The Hall–Kier alpha value is -1.94. The third kappa shape index (κ3) is 2.27. The fourth-order valence-electron chi connectivity index (χ4n) is 2.37. The lowest BCUT2D eigenvalue weighted by Gasteiger charge is -2.09. The Morgan fingerprint density at radius 2 is 2.15 bits per heavy atom. The number of aryl methyl sites for hydroxylation is 2. The molecule has 0 saturated carbocycles. The molecule has 0 aliphatic heterocycles. The Labute approximate surface area is 121 Å². The molecule has 2 aromatic heterocycles. The molecule has 20 heavy (non-hydrogen) atoms. The van der Waals surface area contributed by atoms with Gasteiger partial charge in [-0.15, -0.1) is 11.6 Å². The van der Waals surface area contributed by atoms with Gasteiger partial charge in [-0.2, -0.15) is 0 Å². The highest BCUT2D eigenvalue weighted by molar-refractivity contribution is 6.17. The van der Waals surface area contributed by atoms with Gasteiger partial charge in [0, 0.05) is 18.5 Å². The summed E-state index contributed by atoms with van der Waals surface area (Å²) < 4.78 is 15.6. The fourth-order valence-corrected chi connectivity index (χ4v) is 2.54. The molecule has 0 aliphatic rings. The van der Waals surface area contributed by atoms with Crippen molar-refractivity contribution >= 4 is 22.6 Å². The van der Waals surface area contributed by atoms with Gasteiger partial charge in [0.15, 0.2) is 0 Å². The highest BCUT2D eigenvalue weighted by atomic mass is 35.5. The summed E-state index contributed by atoms with van der Waals surface area (Å²) in [5, 5.41) is 0. The van der Waals surface area contributed by atoms with Gasteiger partial charge in [0.1, 0.15) is 17.2 Å². The van der Waals surface area contributed by atoms with Gasteiger partial charge in [0.2, 0.25) is 0 Å². The summed E-state index contributed by atoms with van der Waals surface area (Å²) in [6.07, 6.45) is 4.03. The number of imidazole rings is 1. The van der Waals surface area contributed by atoms with Crippen molar-refractivity contribution in [2.45, 2.75) is 13.3 Å². The van der Waals surface area contributed by atoms with E-state index in [1.54, 1.807) is 12.4 Å². The summed E-state index contributed by atoms with van der Waals surface area (Å²) in [7, 11) is 0. The molecule has 1 aromatic carbocycles. The van der Waals surface area contributed by atoms with Crippen molar-refractivity contribution in [3.8, 4) is 5.69 Å². The zero-order chi connectivity index (χ0) is 14.1. The smallest absolute Gasteiger partial charge is 0.125 e. The first-order chi connectivity index (χ1) is 9.69. The van der Waals surface area contributed by atoms with Gasteiger partial charge in [-0.3, -0.25) is 9.55 Å². The SMILES string of the molecule is Cc1cc(F)cc(-n2c(CCCl)nc3cnccc32)c1. The first-order valence-electron chi connectivity index (χ1n) is 6.34. The highest BCUT2D eigenvalue weighted by Crippen LogP contribution is 2.23. The van der Waals surface area contributed by atoms with Gasteiger partial charge < -0.3 is 0 Å². The zero-order valence-corrected chi connectivity index (χ0v) is 11.7. The summed E-state index contributed by atoms with van der Waals surface area (Å²) in [6.45, 7) is 1.87. The van der Waals surface area contributed by atoms with E-state index in [0.717, 1.165) is 28.1 Å². The van der Waals surface area contributed by atoms with Gasteiger partial charge in [-0.1, -0.05) is 0 Å². The van der Waals surface area contributed by atoms with Crippen LogP contribution in [0.15, 0.2) is 36.7 Å². The van der Waals surface area contributed by atoms with Crippen LogP contribution in [0.5, 0.6) is 0 Å². The van der Waals surface area contributed by atoms with Gasteiger partial charge in [-0.05, 0) is 36.8 Å². The molecule has 3 aromatic rings. The molecule has 3 nitrogen and oxygen atoms in total. The highest BCUT2D eigenvalue weighted by Gasteiger charge is 2.13. The standard InChI is InChI=1S/C15H13ClFN3/c1-10-6-11(17)8-12(7-10)20-14-3-5-18-9-13(14)19-15(20)2-4-16/h3,5-9H,2,4H2,1H3. The number of hydrogen-bond donors (Lipinski definition) is 0. The van der Waals surface area contributed by atoms with Crippen LogP contribution in [0, 0.1) is 12.7 Å². The topological polar surface area (TPSA) is 30.7 Å². The minimum Gasteiger partial charge on any atom is -0.296 e. The van der Waals surface area contributed by atoms with Gasteiger partial charge in [-0.25, -0.2) is 9.37 Å². The average Bonchev–Trinajstić information content (AvgIpc) is 2.76. The number of rotatable bonds is 3. The fraction of sp³-hybridized carbons (Fsp3) is 0.200. The van der Waals surface area contributed by atoms with E-state index >= 15 is 0 Å². The van der Waals surface area contributed by atoms with E-state index in [0.29, 0.717) is 12.3 Å². The average molecular weight is 290 g/mol. The van der Waals surface area contributed by atoms with E-state index in [-0.39, 0.29) is 5.82 Å². The first-order valence-corrected chi connectivity index (χ1v) is 6.87. The lowest BCUT2D eigenvalue weighted by atomic mass is 10.2. The molecular formula is C15H13ClFN3. The second-order valence-electron chi connectivity index (χ2n) is 4.65. The largest absolute Gasteiger partial charge is 0.296 e. The Bertz CT molecular complexity index is 747. The van der Waals surface area contributed by atoms with Crippen LogP contribution in [0.25, 0.3) is 16.7 Å². The van der Waals surface area contributed by atoms with Crippen LogP contribution >= 0.6 is 11.6 Å². The number of benzene rings is 1. The van der Waals surface area contributed by atoms with Crippen LogP contribution in [-0.4, -0.2) is 20.4 Å². The van der Waals surface area contributed by atoms with E-state index in [4.69, 9.17) is 11.6 Å². The summed E-state index contributed by atoms with van der Waals surface area (Å²) in [5.74, 6) is 1.02. The molecule has 2 heterocycles. The lowest BCUT2D eigenvalue weighted by Crippen LogP contribution is -2.03. The third-order valence-corrected chi connectivity index (χ3v) is 3.32. The van der Waals surface area contributed by atoms with E-state index in [9.17, 15) is 4.39 Å². The Kier molecular flexibility index (Phi) is 3.40. The van der Waals surface area contributed by atoms with Crippen molar-refractivity contribution in [2.24, 2.45) is 0 Å². The molecule has 0 aliphatic carbocycles. The van der Waals surface area contributed by atoms with Crippen LogP contribution in [0.4, 0.5) is 4.39 Å². The maximum Gasteiger partial charge on any atom is 0.125 e. The summed E-state index contributed by atoms with van der Waals surface area (Å²) in [4.78, 5) is 8.61. The zero-order valence-electron chi connectivity index (χ0n) is 11.0. The molecule has 0 bridgehead atoms. The lowest BCUT2D eigenvalue weighted by molar-refractivity contribution is 0.625. The molecule has 5 heteroatoms. The number of aromatic nitrogens is 3. The molecule has 0 fully saturated rings. The molecule has 0 spiro atoms. The Morgan fingerprint density at radius 1 is 1.30 bits per heavy atom. The van der Waals surface area contributed by atoms with Crippen molar-refractivity contribution in [1.29, 1.82) is 0 Å². The molecule has 3 rings (SSSR count). The number of pyridine rings is 1. The molecule has 0 N–H and O–H groups in total. The van der Waals surface area contributed by atoms with E-state index in [1.807, 2.05) is 23.6 Å². The van der Waals surface area contributed by atoms with Crippen LogP contribution in [0.2, 0.25) is 0 Å². The molecule has 0 unspecified atom stereocenters. The van der Waals surface area contributed by atoms with E-state index in [2.05, 4.69) is 9.97 Å². The molecule has 0 radical (unpaired) electrons. The number of hydrogen-bond acceptors (Lipinski definition) is 2. The normalized spacial score (nSPS) is 11.2. The number of alkyl halides is 1. The quantitative estimate of drug-likeness (QED) is 0.689. The van der Waals surface area contributed by atoms with Crippen LogP contribution in [0.3, 0.4) is 0 Å². The van der Waals surface area contributed by atoms with Gasteiger partial charge >= 0.3 is 0 Å². The molecule has 0 atom stereocenters. The molecular weight excluding hydrogens is 277 g/mol. The maximum atomic E-state index is 13.7. The van der Waals surface area contributed by atoms with Gasteiger partial charge in [0.05, 0.1) is 17.4 Å². The van der Waals surface area contributed by atoms with Crippen molar-refractivity contribution in [3.05, 3.63) is 53.9 Å².